The van der Waals surface area contributed by atoms with E-state index in [0.717, 1.165) is 30.1 Å². The van der Waals surface area contributed by atoms with Crippen LogP contribution in [-0.2, 0) is 13.1 Å². The first-order valence-electron chi connectivity index (χ1n) is 6.00. The van der Waals surface area contributed by atoms with Crippen LogP contribution in [0.3, 0.4) is 0 Å². The van der Waals surface area contributed by atoms with Crippen LogP contribution in [0.1, 0.15) is 18.2 Å². The molecular formula is C14H17ClN2O. The predicted molar refractivity (Wildman–Crippen MR) is 74.8 cm³/mol. The van der Waals surface area contributed by atoms with Gasteiger partial charge in [0, 0.05) is 23.8 Å². The van der Waals surface area contributed by atoms with Gasteiger partial charge >= 0.3 is 0 Å². The minimum absolute atomic E-state index is 0.462. The highest BCUT2D eigenvalue weighted by Gasteiger charge is 2.09. The summed E-state index contributed by atoms with van der Waals surface area (Å²) in [5, 5.41) is 0.716. The van der Waals surface area contributed by atoms with Crippen LogP contribution in [0.5, 0.6) is 0 Å². The van der Waals surface area contributed by atoms with Crippen molar-refractivity contribution in [1.29, 1.82) is 0 Å². The Morgan fingerprint density at radius 1 is 1.33 bits per heavy atom. The Morgan fingerprint density at radius 2 is 2.17 bits per heavy atom. The minimum Gasteiger partial charge on any atom is -0.467 e. The molecule has 0 saturated carbocycles. The van der Waals surface area contributed by atoms with Crippen LogP contribution in [-0.4, -0.2) is 6.54 Å². The molecule has 2 rings (SSSR count). The molecular weight excluding hydrogens is 248 g/mol. The van der Waals surface area contributed by atoms with Crippen molar-refractivity contribution in [3.63, 3.8) is 0 Å². The lowest BCUT2D eigenvalue weighted by Crippen LogP contribution is -2.21. The quantitative estimate of drug-likeness (QED) is 0.900. The van der Waals surface area contributed by atoms with Crippen molar-refractivity contribution in [2.45, 2.75) is 20.0 Å². The van der Waals surface area contributed by atoms with E-state index < -0.39 is 0 Å². The van der Waals surface area contributed by atoms with Gasteiger partial charge in [0.25, 0.3) is 0 Å². The molecule has 1 aromatic carbocycles. The van der Waals surface area contributed by atoms with Crippen LogP contribution in [0.25, 0.3) is 0 Å². The van der Waals surface area contributed by atoms with E-state index in [1.807, 2.05) is 30.3 Å². The Morgan fingerprint density at radius 3 is 2.72 bits per heavy atom. The third-order valence-electron chi connectivity index (χ3n) is 2.93. The highest BCUT2D eigenvalue weighted by Crippen LogP contribution is 2.24. The van der Waals surface area contributed by atoms with Gasteiger partial charge in [0.2, 0.25) is 0 Å². The predicted octanol–water partition coefficient (Wildman–Crippen LogP) is 3.42. The Bertz CT molecular complexity index is 497. The van der Waals surface area contributed by atoms with Gasteiger partial charge in [-0.1, -0.05) is 17.7 Å². The summed E-state index contributed by atoms with van der Waals surface area (Å²) >= 11 is 6.18. The van der Waals surface area contributed by atoms with Crippen molar-refractivity contribution >= 4 is 17.3 Å². The summed E-state index contributed by atoms with van der Waals surface area (Å²) in [5.74, 6) is 0.941. The van der Waals surface area contributed by atoms with E-state index in [4.69, 9.17) is 21.8 Å². The molecule has 96 valence electrons. The minimum atomic E-state index is 0.462. The normalized spacial score (nSPS) is 10.6. The highest BCUT2D eigenvalue weighted by atomic mass is 35.5. The molecule has 1 aromatic heterocycles. The van der Waals surface area contributed by atoms with Gasteiger partial charge in [0.05, 0.1) is 12.8 Å². The second kappa shape index (κ2) is 5.94. The standard InChI is InChI=1S/C14H17ClN2O/c1-2-17(10-13-4-3-7-18-13)12-6-5-11(9-16)14(15)8-12/h3-8H,2,9-10,16H2,1H3. The topological polar surface area (TPSA) is 42.4 Å². The van der Waals surface area contributed by atoms with Crippen molar-refractivity contribution in [2.24, 2.45) is 5.73 Å². The SMILES string of the molecule is CCN(Cc1ccco1)c1ccc(CN)c(Cl)c1. The van der Waals surface area contributed by atoms with Crippen molar-refractivity contribution in [3.05, 3.63) is 52.9 Å². The molecule has 0 amide bonds. The molecule has 3 nitrogen and oxygen atoms in total. The maximum Gasteiger partial charge on any atom is 0.123 e. The lowest BCUT2D eigenvalue weighted by molar-refractivity contribution is 0.503. The van der Waals surface area contributed by atoms with Crippen molar-refractivity contribution in [2.75, 3.05) is 11.4 Å². The number of furan rings is 1. The first kappa shape index (κ1) is 13.0. The fourth-order valence-electron chi connectivity index (χ4n) is 1.87. The van der Waals surface area contributed by atoms with E-state index in [1.54, 1.807) is 6.26 Å². The van der Waals surface area contributed by atoms with Gasteiger partial charge in [-0.2, -0.15) is 0 Å². The largest absolute Gasteiger partial charge is 0.467 e. The molecule has 0 atom stereocenters. The Kier molecular flexibility index (Phi) is 4.28. The van der Waals surface area contributed by atoms with E-state index in [9.17, 15) is 0 Å². The zero-order valence-corrected chi connectivity index (χ0v) is 11.2. The van der Waals surface area contributed by atoms with Crippen molar-refractivity contribution in [1.82, 2.24) is 0 Å². The monoisotopic (exact) mass is 264 g/mol. The van der Waals surface area contributed by atoms with Gasteiger partial charge in [-0.05, 0) is 36.8 Å². The number of benzene rings is 1. The van der Waals surface area contributed by atoms with Gasteiger partial charge in [-0.25, -0.2) is 0 Å². The third kappa shape index (κ3) is 2.86. The fourth-order valence-corrected chi connectivity index (χ4v) is 2.13. The number of hydrogen-bond acceptors (Lipinski definition) is 3. The lowest BCUT2D eigenvalue weighted by Gasteiger charge is -2.22. The molecule has 0 aliphatic rings. The summed E-state index contributed by atoms with van der Waals surface area (Å²) in [7, 11) is 0. The van der Waals surface area contributed by atoms with E-state index in [1.165, 1.54) is 0 Å². The molecule has 2 aromatic rings. The fraction of sp³-hybridized carbons (Fsp3) is 0.286. The maximum absolute atomic E-state index is 6.18. The number of rotatable bonds is 5. The number of halogens is 1. The molecule has 0 spiro atoms. The molecule has 18 heavy (non-hydrogen) atoms. The zero-order chi connectivity index (χ0) is 13.0. The molecule has 0 radical (unpaired) electrons. The Hall–Kier alpha value is -1.45. The molecule has 0 bridgehead atoms. The van der Waals surface area contributed by atoms with Gasteiger partial charge in [-0.15, -0.1) is 0 Å². The first-order chi connectivity index (χ1) is 8.74. The van der Waals surface area contributed by atoms with Crippen LogP contribution in [0.2, 0.25) is 5.02 Å². The molecule has 0 aliphatic heterocycles. The molecule has 0 fully saturated rings. The number of nitrogens with two attached hydrogens (primary N) is 1. The van der Waals surface area contributed by atoms with Gasteiger partial charge < -0.3 is 15.1 Å². The summed E-state index contributed by atoms with van der Waals surface area (Å²) in [5.41, 5.74) is 7.65. The van der Waals surface area contributed by atoms with E-state index in [0.29, 0.717) is 11.6 Å². The second-order valence-electron chi connectivity index (χ2n) is 4.07. The first-order valence-corrected chi connectivity index (χ1v) is 6.38. The maximum atomic E-state index is 6.18. The number of nitrogens with zero attached hydrogens (tertiary/aromatic N) is 1. The van der Waals surface area contributed by atoms with Crippen molar-refractivity contribution < 1.29 is 4.42 Å². The lowest BCUT2D eigenvalue weighted by atomic mass is 10.2. The van der Waals surface area contributed by atoms with Crippen LogP contribution in [0.15, 0.2) is 41.0 Å². The third-order valence-corrected chi connectivity index (χ3v) is 3.28. The number of hydrogen-bond donors (Lipinski definition) is 1. The van der Waals surface area contributed by atoms with Crippen LogP contribution in [0.4, 0.5) is 5.69 Å². The van der Waals surface area contributed by atoms with Gasteiger partial charge in [-0.3, -0.25) is 0 Å². The number of anilines is 1. The van der Waals surface area contributed by atoms with Crippen LogP contribution in [0, 0.1) is 0 Å². The van der Waals surface area contributed by atoms with Crippen molar-refractivity contribution in [3.8, 4) is 0 Å². The van der Waals surface area contributed by atoms with Gasteiger partial charge in [0.1, 0.15) is 5.76 Å². The molecule has 0 saturated heterocycles. The van der Waals surface area contributed by atoms with Crippen LogP contribution >= 0.6 is 11.6 Å². The average molecular weight is 265 g/mol. The second-order valence-corrected chi connectivity index (χ2v) is 4.48. The summed E-state index contributed by atoms with van der Waals surface area (Å²) in [6.07, 6.45) is 1.69. The van der Waals surface area contributed by atoms with Crippen LogP contribution < -0.4 is 10.6 Å². The zero-order valence-electron chi connectivity index (χ0n) is 10.4. The van der Waals surface area contributed by atoms with E-state index in [-0.39, 0.29) is 0 Å². The summed E-state index contributed by atoms with van der Waals surface area (Å²) in [6, 6.07) is 9.84. The Balaban J connectivity index is 2.19. The highest BCUT2D eigenvalue weighted by molar-refractivity contribution is 6.31. The molecule has 1 heterocycles. The summed E-state index contributed by atoms with van der Waals surface area (Å²) in [6.45, 7) is 4.19. The van der Waals surface area contributed by atoms with E-state index in [2.05, 4.69) is 11.8 Å². The van der Waals surface area contributed by atoms with Gasteiger partial charge in [0.15, 0.2) is 0 Å². The molecule has 0 aliphatic carbocycles. The average Bonchev–Trinajstić information content (AvgIpc) is 2.88. The molecule has 2 N–H and O–H groups in total. The molecule has 0 unspecified atom stereocenters. The Labute approximate surface area is 112 Å². The smallest absolute Gasteiger partial charge is 0.123 e. The molecule has 4 heteroatoms. The summed E-state index contributed by atoms with van der Waals surface area (Å²) < 4.78 is 5.37. The van der Waals surface area contributed by atoms with E-state index >= 15 is 0 Å². The summed E-state index contributed by atoms with van der Waals surface area (Å²) in [4.78, 5) is 2.20.